The maximum absolute atomic E-state index is 13.6. The Morgan fingerprint density at radius 1 is 1.33 bits per heavy atom. The highest BCUT2D eigenvalue weighted by molar-refractivity contribution is 5.98. The molecule has 1 N–H and O–H groups in total. The fraction of sp³-hybridized carbons (Fsp3) is 0.333. The van der Waals surface area contributed by atoms with Gasteiger partial charge in [-0.1, -0.05) is 12.1 Å². The van der Waals surface area contributed by atoms with E-state index in [-0.39, 0.29) is 11.3 Å². The summed E-state index contributed by atoms with van der Waals surface area (Å²) >= 11 is 0. The number of amides is 1. The summed E-state index contributed by atoms with van der Waals surface area (Å²) in [5, 5.41) is 9.69. The number of nitrogens with zero attached hydrogens (tertiary/aromatic N) is 1. The maximum Gasteiger partial charge on any atom is 0.326 e. The molecule has 110 valence electrons. The van der Waals surface area contributed by atoms with E-state index in [9.17, 15) is 19.1 Å². The molecule has 3 rings (SSSR count). The molecule has 1 amide bonds. The zero-order chi connectivity index (χ0) is 15.0. The normalized spacial score (nSPS) is 18.9. The molecule has 1 saturated heterocycles. The van der Waals surface area contributed by atoms with Crippen LogP contribution in [0.5, 0.6) is 0 Å². The van der Waals surface area contributed by atoms with Crippen LogP contribution in [0, 0.1) is 5.82 Å². The van der Waals surface area contributed by atoms with E-state index in [1.54, 1.807) is 6.07 Å². The lowest BCUT2D eigenvalue weighted by atomic mass is 10.0. The first-order valence-corrected chi connectivity index (χ1v) is 6.80. The predicted molar refractivity (Wildman–Crippen MR) is 72.5 cm³/mol. The van der Waals surface area contributed by atoms with Gasteiger partial charge in [-0.2, -0.15) is 0 Å². The summed E-state index contributed by atoms with van der Waals surface area (Å²) in [5.41, 5.74) is 0.0183. The van der Waals surface area contributed by atoms with Crippen molar-refractivity contribution in [2.24, 2.45) is 0 Å². The Labute approximate surface area is 119 Å². The first kappa shape index (κ1) is 13.6. The Morgan fingerprint density at radius 2 is 2.14 bits per heavy atom. The van der Waals surface area contributed by atoms with Crippen molar-refractivity contribution in [3.05, 3.63) is 35.8 Å². The van der Waals surface area contributed by atoms with E-state index < -0.39 is 23.7 Å². The molecule has 1 atom stereocenters. The molecule has 21 heavy (non-hydrogen) atoms. The molecular weight excluding hydrogens is 277 g/mol. The van der Waals surface area contributed by atoms with Crippen LogP contribution in [0.1, 0.15) is 29.8 Å². The summed E-state index contributed by atoms with van der Waals surface area (Å²) in [7, 11) is 0. The van der Waals surface area contributed by atoms with Crippen molar-refractivity contribution in [1.29, 1.82) is 0 Å². The zero-order valence-electron chi connectivity index (χ0n) is 11.2. The van der Waals surface area contributed by atoms with Gasteiger partial charge in [-0.05, 0) is 31.4 Å². The van der Waals surface area contributed by atoms with Crippen molar-refractivity contribution < 1.29 is 23.5 Å². The van der Waals surface area contributed by atoms with Gasteiger partial charge in [0, 0.05) is 11.9 Å². The van der Waals surface area contributed by atoms with E-state index in [2.05, 4.69) is 0 Å². The van der Waals surface area contributed by atoms with Gasteiger partial charge in [-0.3, -0.25) is 4.79 Å². The van der Waals surface area contributed by atoms with Gasteiger partial charge in [0.15, 0.2) is 17.2 Å². The number of carboxylic acid groups (broad SMARTS) is 1. The highest BCUT2D eigenvalue weighted by Gasteiger charge is 2.33. The van der Waals surface area contributed by atoms with E-state index in [0.717, 1.165) is 12.8 Å². The number of fused-ring (bicyclic) bond motifs is 1. The third-order valence-corrected chi connectivity index (χ3v) is 3.76. The van der Waals surface area contributed by atoms with Crippen LogP contribution in [0.4, 0.5) is 4.39 Å². The maximum atomic E-state index is 13.6. The van der Waals surface area contributed by atoms with Crippen molar-refractivity contribution in [1.82, 2.24) is 4.90 Å². The second kappa shape index (κ2) is 5.20. The van der Waals surface area contributed by atoms with E-state index in [4.69, 9.17) is 4.42 Å². The number of likely N-dealkylation sites (tertiary alicyclic amines) is 1. The number of carbonyl (C=O) groups excluding carboxylic acids is 1. The van der Waals surface area contributed by atoms with Gasteiger partial charge in [0.25, 0.3) is 5.91 Å². The number of piperidine rings is 1. The molecule has 0 bridgehead atoms. The summed E-state index contributed by atoms with van der Waals surface area (Å²) < 4.78 is 18.9. The molecular formula is C15H14FNO4. The first-order chi connectivity index (χ1) is 10.1. The predicted octanol–water partition coefficient (Wildman–Crippen LogP) is 2.65. The molecule has 6 heteroatoms. The van der Waals surface area contributed by atoms with Gasteiger partial charge in [-0.25, -0.2) is 9.18 Å². The van der Waals surface area contributed by atoms with E-state index in [0.29, 0.717) is 18.4 Å². The third kappa shape index (κ3) is 2.37. The van der Waals surface area contributed by atoms with Gasteiger partial charge < -0.3 is 14.4 Å². The number of benzene rings is 1. The molecule has 1 aromatic carbocycles. The average Bonchev–Trinajstić information content (AvgIpc) is 2.92. The minimum atomic E-state index is -1.02. The van der Waals surface area contributed by atoms with E-state index >= 15 is 0 Å². The smallest absolute Gasteiger partial charge is 0.326 e. The molecule has 5 nitrogen and oxygen atoms in total. The van der Waals surface area contributed by atoms with Gasteiger partial charge >= 0.3 is 5.97 Å². The Morgan fingerprint density at radius 3 is 2.86 bits per heavy atom. The first-order valence-electron chi connectivity index (χ1n) is 6.80. The van der Waals surface area contributed by atoms with Gasteiger partial charge in [0.05, 0.1) is 0 Å². The van der Waals surface area contributed by atoms with Gasteiger partial charge in [-0.15, -0.1) is 0 Å². The minimum Gasteiger partial charge on any atom is -0.480 e. The van der Waals surface area contributed by atoms with Crippen LogP contribution in [0.15, 0.2) is 28.7 Å². The Kier molecular flexibility index (Phi) is 3.37. The average molecular weight is 291 g/mol. The summed E-state index contributed by atoms with van der Waals surface area (Å²) in [4.78, 5) is 25.0. The number of halogens is 1. The zero-order valence-corrected chi connectivity index (χ0v) is 11.2. The van der Waals surface area contributed by atoms with Crippen LogP contribution < -0.4 is 0 Å². The highest BCUT2D eigenvalue weighted by atomic mass is 19.1. The molecule has 0 radical (unpaired) electrons. The van der Waals surface area contributed by atoms with Crippen molar-refractivity contribution in [3.8, 4) is 0 Å². The molecule has 0 spiro atoms. The van der Waals surface area contributed by atoms with Crippen molar-refractivity contribution >= 4 is 22.8 Å². The van der Waals surface area contributed by atoms with Crippen LogP contribution >= 0.6 is 0 Å². The van der Waals surface area contributed by atoms with E-state index in [1.807, 2.05) is 0 Å². The van der Waals surface area contributed by atoms with Crippen LogP contribution in [0.2, 0.25) is 0 Å². The van der Waals surface area contributed by atoms with Crippen molar-refractivity contribution in [2.45, 2.75) is 25.3 Å². The molecule has 1 unspecified atom stereocenters. The van der Waals surface area contributed by atoms with Crippen LogP contribution in [0.25, 0.3) is 11.0 Å². The number of carbonyl (C=O) groups is 2. The number of hydrogen-bond donors (Lipinski definition) is 1. The van der Waals surface area contributed by atoms with Gasteiger partial charge in [0.2, 0.25) is 0 Å². The second-order valence-corrected chi connectivity index (χ2v) is 5.12. The quantitative estimate of drug-likeness (QED) is 0.923. The Balaban J connectivity index is 1.95. The Bertz CT molecular complexity index is 709. The third-order valence-electron chi connectivity index (χ3n) is 3.76. The van der Waals surface area contributed by atoms with Gasteiger partial charge in [0.1, 0.15) is 6.04 Å². The summed E-state index contributed by atoms with van der Waals surface area (Å²) in [6, 6.07) is 5.03. The summed E-state index contributed by atoms with van der Waals surface area (Å²) in [6.07, 6.45) is 1.95. The van der Waals surface area contributed by atoms with Crippen LogP contribution in [-0.2, 0) is 4.79 Å². The molecule has 2 aromatic rings. The van der Waals surface area contributed by atoms with Crippen LogP contribution in [-0.4, -0.2) is 34.5 Å². The molecule has 1 fully saturated rings. The molecule has 0 aliphatic carbocycles. The molecule has 0 saturated carbocycles. The number of para-hydroxylation sites is 1. The molecule has 2 heterocycles. The lowest BCUT2D eigenvalue weighted by Gasteiger charge is -2.32. The highest BCUT2D eigenvalue weighted by Crippen LogP contribution is 2.25. The Hall–Kier alpha value is -2.37. The van der Waals surface area contributed by atoms with E-state index in [1.165, 1.54) is 23.1 Å². The fourth-order valence-electron chi connectivity index (χ4n) is 2.71. The lowest BCUT2D eigenvalue weighted by molar-refractivity contribution is -0.143. The topological polar surface area (TPSA) is 70.8 Å². The second-order valence-electron chi connectivity index (χ2n) is 5.12. The summed E-state index contributed by atoms with van der Waals surface area (Å²) in [5.74, 6) is -2.09. The number of furan rings is 1. The number of carboxylic acids is 1. The molecule has 1 aliphatic heterocycles. The standard InChI is InChI=1S/C15H14FNO4/c16-10-5-3-4-9-8-12(21-13(9)10)14(18)17-7-2-1-6-11(17)15(19)20/h3-5,8,11H,1-2,6-7H2,(H,19,20). The largest absolute Gasteiger partial charge is 0.480 e. The SMILES string of the molecule is O=C(O)C1CCCCN1C(=O)c1cc2cccc(F)c2o1. The minimum absolute atomic E-state index is 0.0183. The molecule has 1 aliphatic rings. The fourth-order valence-corrected chi connectivity index (χ4v) is 2.71. The van der Waals surface area contributed by atoms with Crippen molar-refractivity contribution in [3.63, 3.8) is 0 Å². The molecule has 1 aromatic heterocycles. The number of rotatable bonds is 2. The van der Waals surface area contributed by atoms with Crippen LogP contribution in [0.3, 0.4) is 0 Å². The number of hydrogen-bond acceptors (Lipinski definition) is 3. The monoisotopic (exact) mass is 291 g/mol. The van der Waals surface area contributed by atoms with Crippen molar-refractivity contribution in [2.75, 3.05) is 6.54 Å². The number of aliphatic carboxylic acids is 1. The summed E-state index contributed by atoms with van der Waals surface area (Å²) in [6.45, 7) is 0.370. The lowest BCUT2D eigenvalue weighted by Crippen LogP contribution is -2.47.